The second-order valence-electron chi connectivity index (χ2n) is 5.89. The van der Waals surface area contributed by atoms with Crippen LogP contribution in [0.4, 0.5) is 0 Å². The average Bonchev–Trinajstić information content (AvgIpc) is 2.84. The number of hydrogen-bond donors (Lipinski definition) is 1. The number of amides is 1. The van der Waals surface area contributed by atoms with Crippen molar-refractivity contribution in [2.24, 2.45) is 11.8 Å². The summed E-state index contributed by atoms with van der Waals surface area (Å²) in [6, 6.07) is 0. The number of nitrogens with zero attached hydrogens (tertiary/aromatic N) is 1. The van der Waals surface area contributed by atoms with Crippen LogP contribution < -0.4 is 0 Å². The Kier molecular flexibility index (Phi) is 6.69. The van der Waals surface area contributed by atoms with E-state index in [9.17, 15) is 9.90 Å². The van der Waals surface area contributed by atoms with E-state index in [0.29, 0.717) is 13.0 Å². The van der Waals surface area contributed by atoms with Crippen molar-refractivity contribution in [1.29, 1.82) is 0 Å². The molecule has 1 saturated carbocycles. The highest BCUT2D eigenvalue weighted by molar-refractivity contribution is 5.78. The van der Waals surface area contributed by atoms with Crippen LogP contribution in [0.25, 0.3) is 0 Å². The lowest BCUT2D eigenvalue weighted by Crippen LogP contribution is -2.35. The zero-order chi connectivity index (χ0) is 13.5. The number of aliphatic hydroxyl groups excluding tert-OH is 1. The molecule has 0 aliphatic heterocycles. The van der Waals surface area contributed by atoms with Crippen LogP contribution in [-0.4, -0.2) is 35.6 Å². The van der Waals surface area contributed by atoms with E-state index in [4.69, 9.17) is 0 Å². The predicted molar refractivity (Wildman–Crippen MR) is 74.3 cm³/mol. The Hall–Kier alpha value is -0.570. The molecule has 18 heavy (non-hydrogen) atoms. The molecule has 0 bridgehead atoms. The first kappa shape index (κ1) is 15.5. The summed E-state index contributed by atoms with van der Waals surface area (Å²) in [4.78, 5) is 14.1. The van der Waals surface area contributed by atoms with Crippen molar-refractivity contribution in [2.45, 2.75) is 64.9 Å². The van der Waals surface area contributed by atoms with Crippen LogP contribution in [0, 0.1) is 11.8 Å². The van der Waals surface area contributed by atoms with Gasteiger partial charge in [-0.1, -0.05) is 32.6 Å². The molecule has 2 atom stereocenters. The van der Waals surface area contributed by atoms with E-state index < -0.39 is 0 Å². The van der Waals surface area contributed by atoms with Gasteiger partial charge in [0.2, 0.25) is 5.91 Å². The molecule has 3 heteroatoms. The molecule has 1 aliphatic rings. The monoisotopic (exact) mass is 255 g/mol. The summed E-state index contributed by atoms with van der Waals surface area (Å²) in [5.41, 5.74) is 0. The number of aliphatic hydroxyl groups is 1. The minimum Gasteiger partial charge on any atom is -0.393 e. The number of carbonyl (C=O) groups is 1. The van der Waals surface area contributed by atoms with Gasteiger partial charge in [-0.05, 0) is 32.1 Å². The zero-order valence-electron chi connectivity index (χ0n) is 12.2. The predicted octanol–water partition coefficient (Wildman–Crippen LogP) is 2.82. The molecule has 3 nitrogen and oxygen atoms in total. The minimum absolute atomic E-state index is 0.187. The second-order valence-corrected chi connectivity index (χ2v) is 5.89. The summed E-state index contributed by atoms with van der Waals surface area (Å²) in [6.07, 6.45) is 7.64. The van der Waals surface area contributed by atoms with Crippen molar-refractivity contribution < 1.29 is 9.90 Å². The lowest BCUT2D eigenvalue weighted by molar-refractivity contribution is -0.135. The summed E-state index contributed by atoms with van der Waals surface area (Å²) >= 11 is 0. The van der Waals surface area contributed by atoms with Crippen LogP contribution in [0.1, 0.15) is 58.8 Å². The summed E-state index contributed by atoms with van der Waals surface area (Å²) in [6.45, 7) is 4.55. The highest BCUT2D eigenvalue weighted by Crippen LogP contribution is 2.31. The molecule has 1 fully saturated rings. The first-order valence-electron chi connectivity index (χ1n) is 7.47. The van der Waals surface area contributed by atoms with Gasteiger partial charge in [-0.15, -0.1) is 0 Å². The van der Waals surface area contributed by atoms with Gasteiger partial charge >= 0.3 is 0 Å². The molecule has 1 N–H and O–H groups in total. The first-order valence-corrected chi connectivity index (χ1v) is 7.47. The molecule has 0 heterocycles. The summed E-state index contributed by atoms with van der Waals surface area (Å²) in [7, 11) is 1.86. The molecule has 1 aliphatic carbocycles. The third kappa shape index (κ3) is 4.97. The highest BCUT2D eigenvalue weighted by Gasteiger charge is 2.25. The van der Waals surface area contributed by atoms with E-state index in [1.807, 2.05) is 7.05 Å². The Bertz CT molecular complexity index is 247. The highest BCUT2D eigenvalue weighted by atomic mass is 16.3. The molecule has 1 rings (SSSR count). The van der Waals surface area contributed by atoms with Crippen molar-refractivity contribution in [3.63, 3.8) is 0 Å². The molecule has 1 amide bonds. The van der Waals surface area contributed by atoms with Crippen LogP contribution in [0.2, 0.25) is 0 Å². The fraction of sp³-hybridized carbons (Fsp3) is 0.933. The fourth-order valence-corrected chi connectivity index (χ4v) is 2.89. The number of carbonyl (C=O) groups excluding carboxylic acids is 1. The molecule has 0 radical (unpaired) electrons. The van der Waals surface area contributed by atoms with Gasteiger partial charge in [0.05, 0.1) is 6.10 Å². The topological polar surface area (TPSA) is 40.5 Å². The molecule has 0 aromatic carbocycles. The third-order valence-corrected chi connectivity index (χ3v) is 4.19. The lowest BCUT2D eigenvalue weighted by Gasteiger charge is -2.25. The normalized spacial score (nSPS) is 19.8. The van der Waals surface area contributed by atoms with Crippen molar-refractivity contribution in [3.05, 3.63) is 0 Å². The Labute approximate surface area is 112 Å². The van der Waals surface area contributed by atoms with E-state index in [0.717, 1.165) is 18.8 Å². The second kappa shape index (κ2) is 7.78. The molecule has 106 valence electrons. The van der Waals surface area contributed by atoms with E-state index in [1.54, 1.807) is 11.8 Å². The van der Waals surface area contributed by atoms with Crippen LogP contribution in [0.3, 0.4) is 0 Å². The SMILES string of the molecule is CCC(CC1CCCC1)C(=O)N(C)CCC(C)O. The van der Waals surface area contributed by atoms with Gasteiger partial charge in [0.1, 0.15) is 0 Å². The largest absolute Gasteiger partial charge is 0.393 e. The molecular formula is C15H29NO2. The van der Waals surface area contributed by atoms with E-state index in [-0.39, 0.29) is 17.9 Å². The van der Waals surface area contributed by atoms with Gasteiger partial charge in [0.15, 0.2) is 0 Å². The average molecular weight is 255 g/mol. The zero-order valence-corrected chi connectivity index (χ0v) is 12.2. The number of rotatable bonds is 7. The Morgan fingerprint density at radius 3 is 2.50 bits per heavy atom. The van der Waals surface area contributed by atoms with E-state index in [1.165, 1.54) is 25.7 Å². The third-order valence-electron chi connectivity index (χ3n) is 4.19. The molecule has 0 spiro atoms. The van der Waals surface area contributed by atoms with Crippen LogP contribution in [0.5, 0.6) is 0 Å². The molecule has 0 aromatic rings. The van der Waals surface area contributed by atoms with Crippen molar-refractivity contribution in [2.75, 3.05) is 13.6 Å². The van der Waals surface area contributed by atoms with Crippen molar-refractivity contribution >= 4 is 5.91 Å². The van der Waals surface area contributed by atoms with Gasteiger partial charge in [-0.3, -0.25) is 4.79 Å². The quantitative estimate of drug-likeness (QED) is 0.760. The Balaban J connectivity index is 2.39. The fourth-order valence-electron chi connectivity index (χ4n) is 2.89. The van der Waals surface area contributed by atoms with Crippen LogP contribution in [0.15, 0.2) is 0 Å². The molecule has 2 unspecified atom stereocenters. The maximum absolute atomic E-state index is 12.3. The van der Waals surface area contributed by atoms with Crippen LogP contribution in [-0.2, 0) is 4.79 Å². The Morgan fingerprint density at radius 1 is 1.39 bits per heavy atom. The van der Waals surface area contributed by atoms with Gasteiger partial charge in [0.25, 0.3) is 0 Å². The van der Waals surface area contributed by atoms with Crippen molar-refractivity contribution in [1.82, 2.24) is 4.90 Å². The van der Waals surface area contributed by atoms with Gasteiger partial charge in [-0.25, -0.2) is 0 Å². The summed E-state index contributed by atoms with van der Waals surface area (Å²) in [5.74, 6) is 1.22. The standard InChI is InChI=1S/C15H29NO2/c1-4-14(11-13-7-5-6-8-13)15(18)16(3)10-9-12(2)17/h12-14,17H,4-11H2,1-3H3. The first-order chi connectivity index (χ1) is 8.54. The molecule has 0 aromatic heterocycles. The molecular weight excluding hydrogens is 226 g/mol. The van der Waals surface area contributed by atoms with Gasteiger partial charge in [-0.2, -0.15) is 0 Å². The maximum atomic E-state index is 12.3. The number of hydrogen-bond acceptors (Lipinski definition) is 2. The summed E-state index contributed by atoms with van der Waals surface area (Å²) in [5, 5.41) is 9.27. The van der Waals surface area contributed by atoms with Crippen molar-refractivity contribution in [3.8, 4) is 0 Å². The van der Waals surface area contributed by atoms with E-state index >= 15 is 0 Å². The Morgan fingerprint density at radius 2 is 2.00 bits per heavy atom. The van der Waals surface area contributed by atoms with Crippen LogP contribution >= 0.6 is 0 Å². The maximum Gasteiger partial charge on any atom is 0.225 e. The smallest absolute Gasteiger partial charge is 0.225 e. The van der Waals surface area contributed by atoms with E-state index in [2.05, 4.69) is 6.92 Å². The molecule has 0 saturated heterocycles. The van der Waals surface area contributed by atoms with Gasteiger partial charge in [0, 0.05) is 19.5 Å². The minimum atomic E-state index is -0.324. The summed E-state index contributed by atoms with van der Waals surface area (Å²) < 4.78 is 0. The lowest BCUT2D eigenvalue weighted by atomic mass is 9.90. The van der Waals surface area contributed by atoms with Gasteiger partial charge < -0.3 is 10.0 Å².